The first-order valence-electron chi connectivity index (χ1n) is 7.45. The normalized spacial score (nSPS) is 10.8. The molecule has 0 saturated heterocycles. The topological polar surface area (TPSA) is 57.1 Å². The molecule has 120 valence electrons. The van der Waals surface area contributed by atoms with Crippen LogP contribution in [0.25, 0.3) is 0 Å². The summed E-state index contributed by atoms with van der Waals surface area (Å²) in [5.74, 6) is -0.136. The Hall–Kier alpha value is -2.69. The van der Waals surface area contributed by atoms with Crippen molar-refractivity contribution in [1.82, 2.24) is 0 Å². The van der Waals surface area contributed by atoms with Crippen LogP contribution >= 0.6 is 0 Å². The van der Waals surface area contributed by atoms with Crippen molar-refractivity contribution in [1.29, 1.82) is 0 Å². The fourth-order valence-electron chi connectivity index (χ4n) is 2.08. The van der Waals surface area contributed by atoms with Gasteiger partial charge in [-0.15, -0.1) is 5.11 Å². The Morgan fingerprint density at radius 2 is 1.74 bits per heavy atom. The molecule has 0 fully saturated rings. The zero-order valence-electron chi connectivity index (χ0n) is 14.2. The third-order valence-electron chi connectivity index (χ3n) is 3.57. The van der Waals surface area contributed by atoms with Gasteiger partial charge in [-0.05, 0) is 55.3 Å². The summed E-state index contributed by atoms with van der Waals surface area (Å²) >= 11 is 0. The number of nitrogens with zero attached hydrogens (tertiary/aromatic N) is 3. The highest BCUT2D eigenvalue weighted by molar-refractivity contribution is 5.92. The minimum atomic E-state index is -0.136. The molecule has 0 aliphatic heterocycles. The second kappa shape index (κ2) is 7.05. The van der Waals surface area contributed by atoms with Crippen LogP contribution in [0.3, 0.4) is 0 Å². The number of anilines is 2. The molecular weight excluding hydrogens is 288 g/mol. The number of carbonyl (C=O) groups is 1. The molecule has 0 radical (unpaired) electrons. The van der Waals surface area contributed by atoms with Crippen LogP contribution in [0.2, 0.25) is 0 Å². The lowest BCUT2D eigenvalue weighted by Gasteiger charge is -2.15. The van der Waals surface area contributed by atoms with Gasteiger partial charge in [-0.3, -0.25) is 4.79 Å². The summed E-state index contributed by atoms with van der Waals surface area (Å²) in [6.45, 7) is 5.58. The van der Waals surface area contributed by atoms with Crippen LogP contribution in [-0.4, -0.2) is 20.0 Å². The van der Waals surface area contributed by atoms with E-state index >= 15 is 0 Å². The average molecular weight is 310 g/mol. The standard InChI is InChI=1S/C18H22N4O/c1-12-6-7-15(10-13(12)2)20-21-17-9-8-16(22(4)5)11-18(17)19-14(3)23/h6-11H,1-5H3,(H,19,23). The number of benzene rings is 2. The number of azo groups is 1. The van der Waals surface area contributed by atoms with Crippen LogP contribution in [0.5, 0.6) is 0 Å². The van der Waals surface area contributed by atoms with Crippen LogP contribution in [0.4, 0.5) is 22.7 Å². The van der Waals surface area contributed by atoms with Crippen molar-refractivity contribution in [2.75, 3.05) is 24.3 Å². The molecule has 0 spiro atoms. The molecule has 5 nitrogen and oxygen atoms in total. The van der Waals surface area contributed by atoms with Gasteiger partial charge in [-0.2, -0.15) is 5.11 Å². The van der Waals surface area contributed by atoms with Crippen molar-refractivity contribution in [2.24, 2.45) is 10.2 Å². The van der Waals surface area contributed by atoms with Gasteiger partial charge in [0.05, 0.1) is 11.4 Å². The van der Waals surface area contributed by atoms with Gasteiger partial charge in [-0.1, -0.05) is 6.07 Å². The second-order valence-corrected chi connectivity index (χ2v) is 5.75. The van der Waals surface area contributed by atoms with Gasteiger partial charge in [-0.25, -0.2) is 0 Å². The zero-order valence-corrected chi connectivity index (χ0v) is 14.2. The van der Waals surface area contributed by atoms with Crippen LogP contribution in [0.15, 0.2) is 46.6 Å². The molecule has 2 aromatic rings. The molecule has 0 unspecified atom stereocenters. The lowest BCUT2D eigenvalue weighted by molar-refractivity contribution is -0.114. The molecule has 0 aliphatic rings. The highest BCUT2D eigenvalue weighted by atomic mass is 16.1. The van der Waals surface area contributed by atoms with Gasteiger partial charge in [0.2, 0.25) is 5.91 Å². The number of carbonyl (C=O) groups excluding carboxylic acids is 1. The highest BCUT2D eigenvalue weighted by Gasteiger charge is 2.06. The molecule has 0 atom stereocenters. The number of aryl methyl sites for hydroxylation is 2. The van der Waals surface area contributed by atoms with Gasteiger partial charge < -0.3 is 10.2 Å². The molecule has 2 aromatic carbocycles. The second-order valence-electron chi connectivity index (χ2n) is 5.75. The van der Waals surface area contributed by atoms with E-state index in [-0.39, 0.29) is 5.91 Å². The summed E-state index contributed by atoms with van der Waals surface area (Å²) in [5.41, 5.74) is 5.45. The Kier molecular flexibility index (Phi) is 5.11. The Labute approximate surface area is 137 Å². The van der Waals surface area contributed by atoms with Crippen molar-refractivity contribution in [2.45, 2.75) is 20.8 Å². The molecule has 1 N–H and O–H groups in total. The van der Waals surface area contributed by atoms with Crippen molar-refractivity contribution in [3.8, 4) is 0 Å². The summed E-state index contributed by atoms with van der Waals surface area (Å²) in [5, 5.41) is 11.4. The quantitative estimate of drug-likeness (QED) is 0.829. The van der Waals surface area contributed by atoms with Gasteiger partial charge in [0.15, 0.2) is 0 Å². The number of amides is 1. The molecule has 1 amide bonds. The Bertz CT molecular complexity index is 751. The average Bonchev–Trinajstić information content (AvgIpc) is 2.48. The fraction of sp³-hybridized carbons (Fsp3) is 0.278. The Balaban J connectivity index is 2.35. The summed E-state index contributed by atoms with van der Waals surface area (Å²) in [6.07, 6.45) is 0. The summed E-state index contributed by atoms with van der Waals surface area (Å²) in [7, 11) is 3.90. The molecule has 0 heterocycles. The summed E-state index contributed by atoms with van der Waals surface area (Å²) < 4.78 is 0. The van der Waals surface area contributed by atoms with Crippen LogP contribution in [0, 0.1) is 13.8 Å². The Morgan fingerprint density at radius 1 is 1.00 bits per heavy atom. The zero-order chi connectivity index (χ0) is 17.0. The third-order valence-corrected chi connectivity index (χ3v) is 3.57. The van der Waals surface area contributed by atoms with E-state index in [0.717, 1.165) is 11.4 Å². The van der Waals surface area contributed by atoms with Gasteiger partial charge in [0.1, 0.15) is 5.69 Å². The number of hydrogen-bond acceptors (Lipinski definition) is 4. The van der Waals surface area contributed by atoms with Crippen molar-refractivity contribution >= 4 is 28.7 Å². The largest absolute Gasteiger partial charge is 0.378 e. The SMILES string of the molecule is CC(=O)Nc1cc(N(C)C)ccc1N=Nc1ccc(C)c(C)c1. The highest BCUT2D eigenvalue weighted by Crippen LogP contribution is 2.31. The first-order chi connectivity index (χ1) is 10.9. The Morgan fingerprint density at radius 3 is 2.35 bits per heavy atom. The van der Waals surface area contributed by atoms with E-state index in [2.05, 4.69) is 22.5 Å². The molecule has 5 heteroatoms. The summed E-state index contributed by atoms with van der Waals surface area (Å²) in [4.78, 5) is 13.4. The van der Waals surface area contributed by atoms with E-state index in [9.17, 15) is 4.79 Å². The minimum Gasteiger partial charge on any atom is -0.378 e. The maximum absolute atomic E-state index is 11.4. The molecule has 23 heavy (non-hydrogen) atoms. The molecule has 2 rings (SSSR count). The van der Waals surface area contributed by atoms with E-state index < -0.39 is 0 Å². The fourth-order valence-corrected chi connectivity index (χ4v) is 2.08. The van der Waals surface area contributed by atoms with E-state index in [1.54, 1.807) is 0 Å². The number of nitrogens with one attached hydrogen (secondary N) is 1. The van der Waals surface area contributed by atoms with Crippen molar-refractivity contribution in [3.63, 3.8) is 0 Å². The lowest BCUT2D eigenvalue weighted by atomic mass is 10.1. The maximum Gasteiger partial charge on any atom is 0.221 e. The molecular formula is C18H22N4O. The molecule has 0 saturated carbocycles. The van der Waals surface area contributed by atoms with E-state index in [0.29, 0.717) is 11.4 Å². The van der Waals surface area contributed by atoms with E-state index in [4.69, 9.17) is 0 Å². The molecule has 0 aliphatic carbocycles. The van der Waals surface area contributed by atoms with Crippen LogP contribution in [-0.2, 0) is 4.79 Å². The molecule has 0 bridgehead atoms. The minimum absolute atomic E-state index is 0.136. The number of hydrogen-bond donors (Lipinski definition) is 1. The van der Waals surface area contributed by atoms with Crippen LogP contribution < -0.4 is 10.2 Å². The number of rotatable bonds is 4. The van der Waals surface area contributed by atoms with Crippen LogP contribution in [0.1, 0.15) is 18.1 Å². The summed E-state index contributed by atoms with van der Waals surface area (Å²) in [6, 6.07) is 11.6. The first-order valence-corrected chi connectivity index (χ1v) is 7.45. The first kappa shape index (κ1) is 16.7. The van der Waals surface area contributed by atoms with Gasteiger partial charge in [0, 0.05) is 26.7 Å². The van der Waals surface area contributed by atoms with Crippen molar-refractivity contribution < 1.29 is 4.79 Å². The van der Waals surface area contributed by atoms with Gasteiger partial charge >= 0.3 is 0 Å². The lowest BCUT2D eigenvalue weighted by Crippen LogP contribution is -2.10. The van der Waals surface area contributed by atoms with Gasteiger partial charge in [0.25, 0.3) is 0 Å². The predicted molar refractivity (Wildman–Crippen MR) is 95.2 cm³/mol. The predicted octanol–water partition coefficient (Wildman–Crippen LogP) is 4.74. The maximum atomic E-state index is 11.4. The third kappa shape index (κ3) is 4.39. The van der Waals surface area contributed by atoms with E-state index in [1.165, 1.54) is 18.1 Å². The molecule has 0 aromatic heterocycles. The van der Waals surface area contributed by atoms with E-state index in [1.807, 2.05) is 62.3 Å². The van der Waals surface area contributed by atoms with Crippen molar-refractivity contribution in [3.05, 3.63) is 47.5 Å². The smallest absolute Gasteiger partial charge is 0.221 e. The monoisotopic (exact) mass is 310 g/mol.